The van der Waals surface area contributed by atoms with Crippen molar-refractivity contribution in [3.8, 4) is 0 Å². The van der Waals surface area contributed by atoms with Crippen molar-refractivity contribution in [1.82, 2.24) is 0 Å². The molecule has 1 aliphatic rings. The average molecular weight is 257 g/mol. The smallest absolute Gasteiger partial charge is 0.231 e. The third-order valence-electron chi connectivity index (χ3n) is 4.32. The number of carbonyl (C=O) groups excluding carboxylic acids is 2. The molecule has 1 aromatic rings. The fourth-order valence-corrected chi connectivity index (χ4v) is 2.40. The maximum absolute atomic E-state index is 12.6. The lowest BCUT2D eigenvalue weighted by atomic mass is 9.68. The Morgan fingerprint density at radius 3 is 2.53 bits per heavy atom. The van der Waals surface area contributed by atoms with E-state index in [1.807, 2.05) is 19.1 Å². The highest BCUT2D eigenvalue weighted by Crippen LogP contribution is 2.48. The van der Waals surface area contributed by atoms with Crippen LogP contribution in [0.3, 0.4) is 0 Å². The molecule has 0 bridgehead atoms. The van der Waals surface area contributed by atoms with E-state index in [1.165, 1.54) is 0 Å². The molecular formula is C16H19NO2. The number of aldehydes is 1. The lowest BCUT2D eigenvalue weighted by Gasteiger charge is -2.36. The van der Waals surface area contributed by atoms with Gasteiger partial charge in [-0.2, -0.15) is 0 Å². The molecule has 0 saturated carbocycles. The zero-order valence-corrected chi connectivity index (χ0v) is 11.6. The highest BCUT2D eigenvalue weighted by atomic mass is 16.2. The summed E-state index contributed by atoms with van der Waals surface area (Å²) in [5, 5.41) is 2.89. The minimum Gasteiger partial charge on any atom is -0.325 e. The van der Waals surface area contributed by atoms with E-state index >= 15 is 0 Å². The molecule has 0 aromatic heterocycles. The fraction of sp³-hybridized carbons (Fsp3) is 0.375. The maximum atomic E-state index is 12.6. The van der Waals surface area contributed by atoms with Crippen LogP contribution in [0.1, 0.15) is 37.6 Å². The van der Waals surface area contributed by atoms with Gasteiger partial charge in [-0.25, -0.2) is 0 Å². The van der Waals surface area contributed by atoms with Gasteiger partial charge in [0.2, 0.25) is 5.91 Å². The Kier molecular flexibility index (Phi) is 3.31. The largest absolute Gasteiger partial charge is 0.325 e. The minimum absolute atomic E-state index is 0.0446. The van der Waals surface area contributed by atoms with Gasteiger partial charge in [0.25, 0.3) is 0 Å². The molecule has 1 aromatic carbocycles. The van der Waals surface area contributed by atoms with E-state index in [1.54, 1.807) is 18.2 Å². The Bertz CT molecular complexity index is 545. The first-order chi connectivity index (χ1) is 8.90. The average Bonchev–Trinajstić information content (AvgIpc) is 2.65. The van der Waals surface area contributed by atoms with Gasteiger partial charge in [0.05, 0.1) is 11.1 Å². The second kappa shape index (κ2) is 4.65. The van der Waals surface area contributed by atoms with E-state index in [-0.39, 0.29) is 11.3 Å². The zero-order chi connectivity index (χ0) is 14.1. The van der Waals surface area contributed by atoms with Crippen molar-refractivity contribution in [2.24, 2.45) is 10.8 Å². The van der Waals surface area contributed by atoms with Gasteiger partial charge in [0, 0.05) is 5.56 Å². The Balaban J connectivity index is 2.25. The zero-order valence-electron chi connectivity index (χ0n) is 11.6. The standard InChI is InChI=1S/C16H19NO2/c1-15(2)9-6-10-16(15,3)14(19)17-13-8-5-4-7-12(13)11-18/h4-9,11H,10H2,1-3H3,(H,17,19). The third-order valence-corrected chi connectivity index (χ3v) is 4.32. The van der Waals surface area contributed by atoms with Gasteiger partial charge in [-0.3, -0.25) is 9.59 Å². The van der Waals surface area contributed by atoms with Gasteiger partial charge in [0.1, 0.15) is 0 Å². The maximum Gasteiger partial charge on any atom is 0.231 e. The van der Waals surface area contributed by atoms with Crippen LogP contribution in [0.2, 0.25) is 0 Å². The molecule has 1 atom stereocenters. The van der Waals surface area contributed by atoms with Crippen molar-refractivity contribution in [3.63, 3.8) is 0 Å². The van der Waals surface area contributed by atoms with Crippen LogP contribution in [0.15, 0.2) is 36.4 Å². The molecule has 3 nitrogen and oxygen atoms in total. The van der Waals surface area contributed by atoms with Gasteiger partial charge >= 0.3 is 0 Å². The Morgan fingerprint density at radius 1 is 1.26 bits per heavy atom. The lowest BCUT2D eigenvalue weighted by molar-refractivity contribution is -0.128. The number of anilines is 1. The molecule has 0 aliphatic heterocycles. The van der Waals surface area contributed by atoms with E-state index in [0.717, 1.165) is 12.7 Å². The summed E-state index contributed by atoms with van der Waals surface area (Å²) in [6, 6.07) is 7.04. The third kappa shape index (κ3) is 2.21. The molecule has 19 heavy (non-hydrogen) atoms. The normalized spacial score (nSPS) is 24.2. The molecule has 1 N–H and O–H groups in total. The SMILES string of the molecule is CC1(C)C=CCC1(C)C(=O)Nc1ccccc1C=O. The molecule has 3 heteroatoms. The first-order valence-electron chi connectivity index (χ1n) is 6.44. The van der Waals surface area contributed by atoms with E-state index < -0.39 is 5.41 Å². The van der Waals surface area contributed by atoms with Gasteiger partial charge in [-0.15, -0.1) is 0 Å². The molecule has 100 valence electrons. The van der Waals surface area contributed by atoms with Crippen molar-refractivity contribution in [3.05, 3.63) is 42.0 Å². The summed E-state index contributed by atoms with van der Waals surface area (Å²) in [7, 11) is 0. The summed E-state index contributed by atoms with van der Waals surface area (Å²) in [4.78, 5) is 23.5. The molecule has 1 unspecified atom stereocenters. The Hall–Kier alpha value is -1.90. The van der Waals surface area contributed by atoms with E-state index in [2.05, 4.69) is 25.2 Å². The number of para-hydroxylation sites is 1. The summed E-state index contributed by atoms with van der Waals surface area (Å²) in [5.74, 6) is -0.0446. The molecule has 1 amide bonds. The summed E-state index contributed by atoms with van der Waals surface area (Å²) in [5.41, 5.74) is 0.408. The molecule has 0 saturated heterocycles. The minimum atomic E-state index is -0.483. The highest BCUT2D eigenvalue weighted by molar-refractivity contribution is 6.00. The van der Waals surface area contributed by atoms with Crippen LogP contribution in [0.25, 0.3) is 0 Å². The molecule has 0 radical (unpaired) electrons. The number of allylic oxidation sites excluding steroid dienone is 2. The fourth-order valence-electron chi connectivity index (χ4n) is 2.40. The van der Waals surface area contributed by atoms with E-state index in [0.29, 0.717) is 11.3 Å². The first-order valence-corrected chi connectivity index (χ1v) is 6.44. The van der Waals surface area contributed by atoms with E-state index in [9.17, 15) is 9.59 Å². The van der Waals surface area contributed by atoms with Crippen molar-refractivity contribution in [2.75, 3.05) is 5.32 Å². The second-order valence-electron chi connectivity index (χ2n) is 5.82. The van der Waals surface area contributed by atoms with Crippen LogP contribution in [0, 0.1) is 10.8 Å². The van der Waals surface area contributed by atoms with Crippen LogP contribution >= 0.6 is 0 Å². The second-order valence-corrected chi connectivity index (χ2v) is 5.82. The lowest BCUT2D eigenvalue weighted by Crippen LogP contribution is -2.41. The quantitative estimate of drug-likeness (QED) is 0.666. The van der Waals surface area contributed by atoms with Crippen LogP contribution in [-0.4, -0.2) is 12.2 Å². The van der Waals surface area contributed by atoms with Gasteiger partial charge in [0.15, 0.2) is 6.29 Å². The molecule has 0 spiro atoms. The number of carbonyl (C=O) groups is 2. The van der Waals surface area contributed by atoms with Gasteiger partial charge in [-0.05, 0) is 30.9 Å². The Labute approximate surface area is 113 Å². The highest BCUT2D eigenvalue weighted by Gasteiger charge is 2.47. The molecular weight excluding hydrogens is 238 g/mol. The van der Waals surface area contributed by atoms with E-state index in [4.69, 9.17) is 0 Å². The number of benzene rings is 1. The van der Waals surface area contributed by atoms with Crippen LogP contribution in [-0.2, 0) is 4.79 Å². The summed E-state index contributed by atoms with van der Waals surface area (Å²) < 4.78 is 0. The monoisotopic (exact) mass is 257 g/mol. The summed E-state index contributed by atoms with van der Waals surface area (Å²) in [6.45, 7) is 6.08. The molecule has 2 rings (SSSR count). The predicted molar refractivity (Wildman–Crippen MR) is 76.1 cm³/mol. The number of hydrogen-bond acceptors (Lipinski definition) is 2. The Morgan fingerprint density at radius 2 is 1.95 bits per heavy atom. The van der Waals surface area contributed by atoms with Crippen LogP contribution < -0.4 is 5.32 Å². The van der Waals surface area contributed by atoms with Crippen LogP contribution in [0.5, 0.6) is 0 Å². The van der Waals surface area contributed by atoms with Gasteiger partial charge in [-0.1, -0.05) is 38.1 Å². The number of nitrogens with one attached hydrogen (secondary N) is 1. The predicted octanol–water partition coefficient (Wildman–Crippen LogP) is 3.43. The van der Waals surface area contributed by atoms with Gasteiger partial charge < -0.3 is 5.32 Å². The topological polar surface area (TPSA) is 46.2 Å². The van der Waals surface area contributed by atoms with Crippen molar-refractivity contribution >= 4 is 17.9 Å². The number of amides is 1. The van der Waals surface area contributed by atoms with Crippen molar-refractivity contribution in [1.29, 1.82) is 0 Å². The summed E-state index contributed by atoms with van der Waals surface area (Å²) >= 11 is 0. The van der Waals surface area contributed by atoms with Crippen LogP contribution in [0.4, 0.5) is 5.69 Å². The van der Waals surface area contributed by atoms with Crippen molar-refractivity contribution in [2.45, 2.75) is 27.2 Å². The summed E-state index contributed by atoms with van der Waals surface area (Å²) in [6.07, 6.45) is 5.61. The van der Waals surface area contributed by atoms with Crippen molar-refractivity contribution < 1.29 is 9.59 Å². The number of hydrogen-bond donors (Lipinski definition) is 1. The first kappa shape index (κ1) is 13.5. The molecule has 0 heterocycles. The number of rotatable bonds is 3. The molecule has 0 fully saturated rings. The molecule has 1 aliphatic carbocycles.